The SMILES string of the molecule is NCc1ccc(Cl)cc1CCCCl. The Morgan fingerprint density at radius 2 is 2.00 bits per heavy atom. The van der Waals surface area contributed by atoms with Crippen LogP contribution in [-0.4, -0.2) is 5.88 Å². The summed E-state index contributed by atoms with van der Waals surface area (Å²) in [6, 6.07) is 5.82. The Hall–Kier alpha value is -0.240. The van der Waals surface area contributed by atoms with E-state index in [0.29, 0.717) is 12.4 Å². The second-order valence-corrected chi connectivity index (χ2v) is 3.72. The zero-order chi connectivity index (χ0) is 9.68. The maximum absolute atomic E-state index is 5.88. The highest BCUT2D eigenvalue weighted by Crippen LogP contribution is 2.17. The van der Waals surface area contributed by atoms with Crippen molar-refractivity contribution in [1.82, 2.24) is 0 Å². The summed E-state index contributed by atoms with van der Waals surface area (Å²) < 4.78 is 0. The maximum atomic E-state index is 5.88. The molecule has 72 valence electrons. The first kappa shape index (κ1) is 10.8. The lowest BCUT2D eigenvalue weighted by Gasteiger charge is -2.06. The summed E-state index contributed by atoms with van der Waals surface area (Å²) in [7, 11) is 0. The van der Waals surface area contributed by atoms with Gasteiger partial charge in [0.15, 0.2) is 0 Å². The number of aryl methyl sites for hydroxylation is 1. The quantitative estimate of drug-likeness (QED) is 0.772. The third kappa shape index (κ3) is 3.18. The molecule has 1 rings (SSSR count). The molecule has 0 amide bonds. The molecule has 0 aliphatic carbocycles. The van der Waals surface area contributed by atoms with E-state index in [0.717, 1.165) is 23.4 Å². The molecule has 1 aromatic carbocycles. The van der Waals surface area contributed by atoms with E-state index in [1.165, 1.54) is 5.56 Å². The molecule has 1 aromatic rings. The van der Waals surface area contributed by atoms with Crippen LogP contribution in [0.5, 0.6) is 0 Å². The number of hydrogen-bond acceptors (Lipinski definition) is 1. The number of rotatable bonds is 4. The lowest BCUT2D eigenvalue weighted by molar-refractivity contribution is 0.898. The third-order valence-corrected chi connectivity index (χ3v) is 2.47. The number of benzene rings is 1. The van der Waals surface area contributed by atoms with Gasteiger partial charge in [-0.3, -0.25) is 0 Å². The first-order valence-electron chi connectivity index (χ1n) is 4.31. The normalized spacial score (nSPS) is 10.4. The van der Waals surface area contributed by atoms with Crippen molar-refractivity contribution in [2.75, 3.05) is 5.88 Å². The summed E-state index contributed by atoms with van der Waals surface area (Å²) in [5, 5.41) is 0.766. The molecule has 0 saturated carbocycles. The van der Waals surface area contributed by atoms with Crippen molar-refractivity contribution in [2.24, 2.45) is 5.73 Å². The Morgan fingerprint density at radius 1 is 1.23 bits per heavy atom. The van der Waals surface area contributed by atoms with Gasteiger partial charge in [-0.1, -0.05) is 17.7 Å². The molecular weight excluding hydrogens is 205 g/mol. The molecule has 0 atom stereocenters. The zero-order valence-electron chi connectivity index (χ0n) is 7.39. The summed E-state index contributed by atoms with van der Waals surface area (Å²) >= 11 is 11.5. The monoisotopic (exact) mass is 217 g/mol. The summed E-state index contributed by atoms with van der Waals surface area (Å²) in [6.45, 7) is 0.564. The highest BCUT2D eigenvalue weighted by molar-refractivity contribution is 6.30. The Bertz CT molecular complexity index is 274. The van der Waals surface area contributed by atoms with Crippen molar-refractivity contribution in [3.8, 4) is 0 Å². The van der Waals surface area contributed by atoms with Crippen LogP contribution in [-0.2, 0) is 13.0 Å². The molecule has 0 aliphatic heterocycles. The van der Waals surface area contributed by atoms with Crippen LogP contribution in [0.3, 0.4) is 0 Å². The van der Waals surface area contributed by atoms with Gasteiger partial charge in [-0.2, -0.15) is 0 Å². The van der Waals surface area contributed by atoms with Crippen LogP contribution in [0.25, 0.3) is 0 Å². The fourth-order valence-electron chi connectivity index (χ4n) is 1.28. The van der Waals surface area contributed by atoms with E-state index in [-0.39, 0.29) is 0 Å². The predicted octanol–water partition coefficient (Wildman–Crippen LogP) is 2.97. The lowest BCUT2D eigenvalue weighted by Crippen LogP contribution is -2.01. The summed E-state index contributed by atoms with van der Waals surface area (Å²) in [5.41, 5.74) is 7.98. The molecule has 0 bridgehead atoms. The van der Waals surface area contributed by atoms with E-state index in [2.05, 4.69) is 0 Å². The van der Waals surface area contributed by atoms with E-state index in [4.69, 9.17) is 28.9 Å². The van der Waals surface area contributed by atoms with E-state index in [1.54, 1.807) is 0 Å². The summed E-state index contributed by atoms with van der Waals surface area (Å²) in [5.74, 6) is 0.677. The van der Waals surface area contributed by atoms with Crippen molar-refractivity contribution in [1.29, 1.82) is 0 Å². The molecule has 0 aliphatic rings. The van der Waals surface area contributed by atoms with E-state index in [9.17, 15) is 0 Å². The van der Waals surface area contributed by atoms with E-state index < -0.39 is 0 Å². The number of alkyl halides is 1. The molecule has 0 heterocycles. The van der Waals surface area contributed by atoms with Gasteiger partial charge in [-0.25, -0.2) is 0 Å². The first-order chi connectivity index (χ1) is 6.27. The molecule has 0 aromatic heterocycles. The van der Waals surface area contributed by atoms with Crippen molar-refractivity contribution in [2.45, 2.75) is 19.4 Å². The van der Waals surface area contributed by atoms with Gasteiger partial charge in [0.2, 0.25) is 0 Å². The van der Waals surface area contributed by atoms with Crippen LogP contribution in [0, 0.1) is 0 Å². The van der Waals surface area contributed by atoms with Crippen molar-refractivity contribution in [3.63, 3.8) is 0 Å². The Labute approximate surface area is 88.8 Å². The molecule has 0 saturated heterocycles. The number of nitrogens with two attached hydrogens (primary N) is 1. The second-order valence-electron chi connectivity index (χ2n) is 2.91. The van der Waals surface area contributed by atoms with Crippen molar-refractivity contribution >= 4 is 23.2 Å². The molecule has 0 fully saturated rings. The molecule has 2 N–H and O–H groups in total. The van der Waals surface area contributed by atoms with Crippen molar-refractivity contribution in [3.05, 3.63) is 34.3 Å². The average Bonchev–Trinajstić information content (AvgIpc) is 2.15. The minimum absolute atomic E-state index is 0.564. The van der Waals surface area contributed by atoms with Gasteiger partial charge in [-0.05, 0) is 36.1 Å². The predicted molar refractivity (Wildman–Crippen MR) is 58.4 cm³/mol. The Kier molecular flexibility index (Phi) is 4.57. The number of halogens is 2. The fraction of sp³-hybridized carbons (Fsp3) is 0.400. The number of hydrogen-bond donors (Lipinski definition) is 1. The van der Waals surface area contributed by atoms with Crippen LogP contribution >= 0.6 is 23.2 Å². The highest BCUT2D eigenvalue weighted by atomic mass is 35.5. The van der Waals surface area contributed by atoms with Crippen LogP contribution in [0.4, 0.5) is 0 Å². The van der Waals surface area contributed by atoms with Crippen LogP contribution in [0.15, 0.2) is 18.2 Å². The Balaban J connectivity index is 2.81. The molecule has 1 nitrogen and oxygen atoms in total. The third-order valence-electron chi connectivity index (χ3n) is 1.97. The van der Waals surface area contributed by atoms with Gasteiger partial charge in [0.25, 0.3) is 0 Å². The highest BCUT2D eigenvalue weighted by Gasteiger charge is 2.01. The van der Waals surface area contributed by atoms with Crippen LogP contribution in [0.2, 0.25) is 5.02 Å². The van der Waals surface area contributed by atoms with Gasteiger partial charge < -0.3 is 5.73 Å². The molecule has 3 heteroatoms. The van der Waals surface area contributed by atoms with E-state index in [1.807, 2.05) is 18.2 Å². The minimum atomic E-state index is 0.564. The van der Waals surface area contributed by atoms with Gasteiger partial charge in [0.1, 0.15) is 0 Å². The standard InChI is InChI=1S/C10H13Cl2N/c11-5-1-2-8-6-10(12)4-3-9(8)7-13/h3-4,6H,1-2,5,7,13H2. The molecule has 0 radical (unpaired) electrons. The molecule has 0 spiro atoms. The van der Waals surface area contributed by atoms with Gasteiger partial charge in [-0.15, -0.1) is 11.6 Å². The van der Waals surface area contributed by atoms with Crippen LogP contribution in [0.1, 0.15) is 17.5 Å². The van der Waals surface area contributed by atoms with Crippen LogP contribution < -0.4 is 5.73 Å². The topological polar surface area (TPSA) is 26.0 Å². The fourth-order valence-corrected chi connectivity index (χ4v) is 1.61. The second kappa shape index (κ2) is 5.48. The maximum Gasteiger partial charge on any atom is 0.0408 e. The van der Waals surface area contributed by atoms with Gasteiger partial charge in [0, 0.05) is 17.4 Å². The molecular formula is C10H13Cl2N. The van der Waals surface area contributed by atoms with E-state index >= 15 is 0 Å². The lowest BCUT2D eigenvalue weighted by atomic mass is 10.0. The summed E-state index contributed by atoms with van der Waals surface area (Å²) in [4.78, 5) is 0. The van der Waals surface area contributed by atoms with Gasteiger partial charge in [0.05, 0.1) is 0 Å². The molecule has 0 unspecified atom stereocenters. The molecule has 13 heavy (non-hydrogen) atoms. The zero-order valence-corrected chi connectivity index (χ0v) is 8.91. The largest absolute Gasteiger partial charge is 0.326 e. The summed E-state index contributed by atoms with van der Waals surface area (Å²) in [6.07, 6.45) is 1.92. The first-order valence-corrected chi connectivity index (χ1v) is 5.22. The van der Waals surface area contributed by atoms with Crippen molar-refractivity contribution < 1.29 is 0 Å². The average molecular weight is 218 g/mol. The smallest absolute Gasteiger partial charge is 0.0408 e. The van der Waals surface area contributed by atoms with Gasteiger partial charge >= 0.3 is 0 Å². The minimum Gasteiger partial charge on any atom is -0.326 e. The Morgan fingerprint density at radius 3 is 2.62 bits per heavy atom.